The van der Waals surface area contributed by atoms with E-state index < -0.39 is 0 Å². The van der Waals surface area contributed by atoms with Gasteiger partial charge in [-0.25, -0.2) is 9.97 Å². The highest BCUT2D eigenvalue weighted by molar-refractivity contribution is 5.81. The van der Waals surface area contributed by atoms with E-state index >= 15 is 0 Å². The Morgan fingerprint density at radius 1 is 1.24 bits per heavy atom. The Kier molecular flexibility index (Phi) is 3.99. The number of pyridine rings is 1. The lowest BCUT2D eigenvalue weighted by Gasteiger charge is -2.43. The highest BCUT2D eigenvalue weighted by Gasteiger charge is 2.48. The lowest BCUT2D eigenvalue weighted by Crippen LogP contribution is -2.53. The van der Waals surface area contributed by atoms with Gasteiger partial charge in [0.25, 0.3) is 0 Å². The topological polar surface area (TPSA) is 80.2 Å². The van der Waals surface area contributed by atoms with Crippen molar-refractivity contribution < 1.29 is 9.53 Å². The number of carbonyl (C=O) groups excluding carboxylic acids is 1. The fourth-order valence-electron chi connectivity index (χ4n) is 4.05. The lowest BCUT2D eigenvalue weighted by molar-refractivity contribution is -0.119. The summed E-state index contributed by atoms with van der Waals surface area (Å²) in [6.07, 6.45) is 7.44. The number of ether oxygens (including phenoxy) is 1. The second-order valence-electron chi connectivity index (χ2n) is 6.65. The Bertz CT molecular complexity index is 759. The molecule has 2 aliphatic rings. The first-order valence-electron chi connectivity index (χ1n) is 8.52. The summed E-state index contributed by atoms with van der Waals surface area (Å²) in [6, 6.07) is 5.90. The van der Waals surface area contributed by atoms with Gasteiger partial charge in [0.2, 0.25) is 11.8 Å². The molecule has 4 heterocycles. The van der Waals surface area contributed by atoms with Gasteiger partial charge in [0.05, 0.1) is 12.6 Å². The first kappa shape index (κ1) is 15.8. The zero-order chi connectivity index (χ0) is 17.3. The highest BCUT2D eigenvalue weighted by atomic mass is 16.5. The molecule has 1 atom stereocenters. The summed E-state index contributed by atoms with van der Waals surface area (Å²) in [4.78, 5) is 26.9. The van der Waals surface area contributed by atoms with Crippen LogP contribution in [0.3, 0.4) is 0 Å². The van der Waals surface area contributed by atoms with E-state index in [2.05, 4.69) is 25.2 Å². The average Bonchev–Trinajstić information content (AvgIpc) is 2.99. The zero-order valence-electron chi connectivity index (χ0n) is 14.2. The third-order valence-corrected chi connectivity index (χ3v) is 5.37. The maximum atomic E-state index is 12.2. The summed E-state index contributed by atoms with van der Waals surface area (Å²) < 4.78 is 5.19. The van der Waals surface area contributed by atoms with Crippen molar-refractivity contribution in [3.8, 4) is 5.88 Å². The highest BCUT2D eigenvalue weighted by Crippen LogP contribution is 2.43. The van der Waals surface area contributed by atoms with Crippen LogP contribution in [0.1, 0.15) is 30.7 Å². The van der Waals surface area contributed by atoms with Gasteiger partial charge < -0.3 is 15.0 Å². The van der Waals surface area contributed by atoms with E-state index in [0.29, 0.717) is 12.3 Å². The molecule has 1 amide bonds. The molecular weight excluding hydrogens is 318 g/mol. The molecule has 2 fully saturated rings. The molecule has 2 aliphatic heterocycles. The van der Waals surface area contributed by atoms with Crippen molar-refractivity contribution >= 4 is 11.7 Å². The molecule has 0 radical (unpaired) electrons. The van der Waals surface area contributed by atoms with Crippen molar-refractivity contribution in [1.29, 1.82) is 0 Å². The van der Waals surface area contributed by atoms with E-state index in [1.54, 1.807) is 19.5 Å². The minimum atomic E-state index is -0.175. The van der Waals surface area contributed by atoms with E-state index in [1.807, 2.05) is 18.2 Å². The number of nitrogens with zero attached hydrogens (tertiary/aromatic N) is 4. The Balaban J connectivity index is 1.54. The third-order valence-electron chi connectivity index (χ3n) is 5.37. The number of amides is 1. The predicted octanol–water partition coefficient (Wildman–Crippen LogP) is 1.52. The van der Waals surface area contributed by atoms with E-state index in [1.165, 1.54) is 11.9 Å². The van der Waals surface area contributed by atoms with Crippen LogP contribution in [-0.4, -0.2) is 46.6 Å². The molecular formula is C18H21N5O2. The second kappa shape index (κ2) is 6.31. The molecule has 130 valence electrons. The van der Waals surface area contributed by atoms with Crippen LogP contribution in [0.4, 0.5) is 5.82 Å². The molecule has 1 N–H and O–H groups in total. The van der Waals surface area contributed by atoms with E-state index in [9.17, 15) is 4.79 Å². The zero-order valence-corrected chi connectivity index (χ0v) is 14.2. The molecule has 25 heavy (non-hydrogen) atoms. The summed E-state index contributed by atoms with van der Waals surface area (Å²) >= 11 is 0. The molecule has 2 aromatic heterocycles. The predicted molar refractivity (Wildman–Crippen MR) is 92.5 cm³/mol. The van der Waals surface area contributed by atoms with Crippen LogP contribution in [-0.2, 0) is 4.79 Å². The first-order valence-corrected chi connectivity index (χ1v) is 8.52. The van der Waals surface area contributed by atoms with Crippen molar-refractivity contribution in [2.45, 2.75) is 30.7 Å². The van der Waals surface area contributed by atoms with Gasteiger partial charge in [0.1, 0.15) is 12.1 Å². The number of hydrogen-bond donors (Lipinski definition) is 1. The molecule has 0 aromatic carbocycles. The number of rotatable bonds is 3. The van der Waals surface area contributed by atoms with Crippen molar-refractivity contribution in [2.24, 2.45) is 0 Å². The van der Waals surface area contributed by atoms with Crippen LogP contribution in [0.2, 0.25) is 0 Å². The van der Waals surface area contributed by atoms with Gasteiger partial charge in [0, 0.05) is 43.9 Å². The molecule has 0 bridgehead atoms. The minimum Gasteiger partial charge on any atom is -0.481 e. The van der Waals surface area contributed by atoms with Crippen LogP contribution in [0, 0.1) is 0 Å². The quantitative estimate of drug-likeness (QED) is 0.913. The maximum Gasteiger partial charge on any atom is 0.221 e. The van der Waals surface area contributed by atoms with E-state index in [0.717, 1.165) is 31.7 Å². The summed E-state index contributed by atoms with van der Waals surface area (Å²) in [7, 11) is 1.60. The SMILES string of the molecule is COc1cc(N2CCC3(CC2)NC(=O)C[C@H]3c2ccncc2)ncn1. The number of piperidine rings is 1. The molecule has 4 rings (SSSR count). The van der Waals surface area contributed by atoms with Gasteiger partial charge in [-0.15, -0.1) is 0 Å². The largest absolute Gasteiger partial charge is 0.481 e. The average molecular weight is 339 g/mol. The summed E-state index contributed by atoms with van der Waals surface area (Å²) in [5.41, 5.74) is 1.01. The van der Waals surface area contributed by atoms with Crippen molar-refractivity contribution in [3.05, 3.63) is 42.5 Å². The molecule has 0 unspecified atom stereocenters. The fraction of sp³-hybridized carbons (Fsp3) is 0.444. The van der Waals surface area contributed by atoms with Crippen molar-refractivity contribution in [1.82, 2.24) is 20.3 Å². The molecule has 2 aromatic rings. The Morgan fingerprint density at radius 3 is 2.72 bits per heavy atom. The molecule has 7 nitrogen and oxygen atoms in total. The third kappa shape index (κ3) is 2.90. The standard InChI is InChI=1S/C18H21N5O2/c1-25-17-11-15(20-12-21-17)23-8-4-18(5-9-23)14(10-16(24)22-18)13-2-6-19-7-3-13/h2-3,6-7,11-12,14H,4-5,8-10H2,1H3,(H,22,24)/t14-/m0/s1. The van der Waals surface area contributed by atoms with Crippen molar-refractivity contribution in [2.75, 3.05) is 25.1 Å². The number of anilines is 1. The van der Waals surface area contributed by atoms with E-state index in [4.69, 9.17) is 4.74 Å². The smallest absolute Gasteiger partial charge is 0.221 e. The molecule has 7 heteroatoms. The first-order chi connectivity index (χ1) is 12.2. The monoisotopic (exact) mass is 339 g/mol. The summed E-state index contributed by atoms with van der Waals surface area (Å²) in [5.74, 6) is 1.77. The number of carbonyl (C=O) groups is 1. The summed E-state index contributed by atoms with van der Waals surface area (Å²) in [6.45, 7) is 1.67. The van der Waals surface area contributed by atoms with E-state index in [-0.39, 0.29) is 17.4 Å². The van der Waals surface area contributed by atoms with Gasteiger partial charge in [-0.05, 0) is 30.5 Å². The van der Waals surface area contributed by atoms with Gasteiger partial charge >= 0.3 is 0 Å². The minimum absolute atomic E-state index is 0.138. The van der Waals surface area contributed by atoms with Crippen LogP contribution in [0.5, 0.6) is 5.88 Å². The van der Waals surface area contributed by atoms with Gasteiger partial charge in [-0.3, -0.25) is 9.78 Å². The number of aromatic nitrogens is 3. The number of hydrogen-bond acceptors (Lipinski definition) is 6. The van der Waals surface area contributed by atoms with Crippen molar-refractivity contribution in [3.63, 3.8) is 0 Å². The Morgan fingerprint density at radius 2 is 2.00 bits per heavy atom. The molecule has 2 saturated heterocycles. The molecule has 1 spiro atoms. The van der Waals surface area contributed by atoms with Crippen LogP contribution >= 0.6 is 0 Å². The molecule has 0 aliphatic carbocycles. The van der Waals surface area contributed by atoms with Crippen LogP contribution < -0.4 is 15.0 Å². The lowest BCUT2D eigenvalue weighted by atomic mass is 9.74. The number of methoxy groups -OCH3 is 1. The molecule has 0 saturated carbocycles. The normalized spacial score (nSPS) is 22.0. The van der Waals surface area contributed by atoms with Gasteiger partial charge in [-0.1, -0.05) is 0 Å². The van der Waals surface area contributed by atoms with Crippen LogP contribution in [0.25, 0.3) is 0 Å². The second-order valence-corrected chi connectivity index (χ2v) is 6.65. The maximum absolute atomic E-state index is 12.2. The Labute approximate surface area is 146 Å². The number of nitrogens with one attached hydrogen (secondary N) is 1. The summed E-state index contributed by atoms with van der Waals surface area (Å²) in [5, 5.41) is 3.27. The van der Waals surface area contributed by atoms with Gasteiger partial charge in [0.15, 0.2) is 0 Å². The fourth-order valence-corrected chi connectivity index (χ4v) is 4.05. The Hall–Kier alpha value is -2.70. The van der Waals surface area contributed by atoms with Crippen LogP contribution in [0.15, 0.2) is 36.9 Å². The van der Waals surface area contributed by atoms with Gasteiger partial charge in [-0.2, -0.15) is 0 Å².